The van der Waals surface area contributed by atoms with Gasteiger partial charge in [-0.1, -0.05) is 58.6 Å². The molecular formula is C20H35N3. The Balaban J connectivity index is 1.90. The van der Waals surface area contributed by atoms with Crippen LogP contribution in [-0.2, 0) is 7.05 Å². The van der Waals surface area contributed by atoms with E-state index < -0.39 is 0 Å². The van der Waals surface area contributed by atoms with Gasteiger partial charge in [-0.25, -0.2) is 4.98 Å². The molecule has 130 valence electrons. The normalized spacial score (nSPS) is 24.3. The predicted molar refractivity (Wildman–Crippen MR) is 97.4 cm³/mol. The molecule has 3 nitrogen and oxygen atoms in total. The Morgan fingerprint density at radius 2 is 2.04 bits per heavy atom. The Bertz CT molecular complexity index is 487. The van der Waals surface area contributed by atoms with Crippen molar-refractivity contribution in [3.63, 3.8) is 0 Å². The van der Waals surface area contributed by atoms with Gasteiger partial charge in [0.25, 0.3) is 0 Å². The number of aromatic nitrogens is 3. The van der Waals surface area contributed by atoms with Crippen molar-refractivity contribution in [1.29, 1.82) is 0 Å². The van der Waals surface area contributed by atoms with Crippen molar-refractivity contribution in [1.82, 2.24) is 14.8 Å². The first-order valence-electron chi connectivity index (χ1n) is 9.54. The summed E-state index contributed by atoms with van der Waals surface area (Å²) in [5.41, 5.74) is 0.411. The third-order valence-electron chi connectivity index (χ3n) is 5.25. The molecule has 1 aliphatic carbocycles. The van der Waals surface area contributed by atoms with Crippen LogP contribution in [0.1, 0.15) is 90.3 Å². The van der Waals surface area contributed by atoms with Gasteiger partial charge in [0.2, 0.25) is 0 Å². The van der Waals surface area contributed by atoms with Crippen LogP contribution in [0.3, 0.4) is 0 Å². The van der Waals surface area contributed by atoms with Crippen molar-refractivity contribution >= 4 is 0 Å². The van der Waals surface area contributed by atoms with E-state index in [1.807, 2.05) is 18.1 Å². The smallest absolute Gasteiger partial charge is 0.154 e. The van der Waals surface area contributed by atoms with E-state index in [1.165, 1.54) is 57.8 Å². The summed E-state index contributed by atoms with van der Waals surface area (Å²) in [6.45, 7) is 7.05. The molecule has 23 heavy (non-hydrogen) atoms. The Hall–Kier alpha value is -1.12. The Morgan fingerprint density at radius 1 is 1.26 bits per heavy atom. The molecule has 1 aromatic heterocycles. The maximum absolute atomic E-state index is 4.60. The van der Waals surface area contributed by atoms with Crippen LogP contribution in [0.15, 0.2) is 18.5 Å². The summed E-state index contributed by atoms with van der Waals surface area (Å²) in [7, 11) is 1.96. The second-order valence-electron chi connectivity index (χ2n) is 8.08. The Kier molecular flexibility index (Phi) is 6.86. The highest BCUT2D eigenvalue weighted by Gasteiger charge is 2.36. The van der Waals surface area contributed by atoms with Crippen LogP contribution in [0.5, 0.6) is 0 Å². The van der Waals surface area contributed by atoms with Gasteiger partial charge in [-0.3, -0.25) is 4.68 Å². The minimum absolute atomic E-state index is 0.411. The molecule has 0 radical (unpaired) electrons. The van der Waals surface area contributed by atoms with Crippen molar-refractivity contribution in [3.05, 3.63) is 24.3 Å². The second-order valence-corrected chi connectivity index (χ2v) is 8.08. The summed E-state index contributed by atoms with van der Waals surface area (Å²) in [5, 5.41) is 4.60. The Morgan fingerprint density at radius 3 is 2.74 bits per heavy atom. The average molecular weight is 318 g/mol. The van der Waals surface area contributed by atoms with Crippen LogP contribution in [0.2, 0.25) is 0 Å². The lowest BCUT2D eigenvalue weighted by Crippen LogP contribution is -2.28. The molecule has 1 aromatic rings. The maximum atomic E-state index is 4.60. The third-order valence-corrected chi connectivity index (χ3v) is 5.25. The second kappa shape index (κ2) is 8.65. The molecule has 1 heterocycles. The molecule has 0 aliphatic heterocycles. The van der Waals surface area contributed by atoms with E-state index in [1.54, 1.807) is 0 Å². The highest BCUT2D eigenvalue weighted by Crippen LogP contribution is 2.46. The predicted octanol–water partition coefficient (Wildman–Crippen LogP) is 5.64. The number of aryl methyl sites for hydroxylation is 1. The van der Waals surface area contributed by atoms with Gasteiger partial charge in [-0.05, 0) is 43.4 Å². The lowest BCUT2D eigenvalue weighted by Gasteiger charge is -2.38. The highest BCUT2D eigenvalue weighted by molar-refractivity contribution is 5.08. The van der Waals surface area contributed by atoms with E-state index in [0.29, 0.717) is 17.3 Å². The molecule has 2 atom stereocenters. The molecular weight excluding hydrogens is 282 g/mol. The first kappa shape index (κ1) is 18.2. The number of hydrogen-bond acceptors (Lipinski definition) is 2. The molecule has 0 N–H and O–H groups in total. The van der Waals surface area contributed by atoms with E-state index in [-0.39, 0.29) is 0 Å². The van der Waals surface area contributed by atoms with Crippen LogP contribution in [0.4, 0.5) is 0 Å². The highest BCUT2D eigenvalue weighted by atomic mass is 15.3. The standard InChI is InChI=1S/C20H35N3/c1-5-6-7-8-9-10-11-12-17-13-14-20(2,3)15-18(17)19-21-16-23(4)22-19/h11-12,16-18H,5-10,13-15H2,1-4H3. The third kappa shape index (κ3) is 5.78. The largest absolute Gasteiger partial charge is 0.256 e. The minimum Gasteiger partial charge on any atom is -0.256 e. The molecule has 0 saturated heterocycles. The van der Waals surface area contributed by atoms with Crippen LogP contribution in [0, 0.1) is 11.3 Å². The number of hydrogen-bond donors (Lipinski definition) is 0. The van der Waals surface area contributed by atoms with Crippen LogP contribution < -0.4 is 0 Å². The zero-order valence-electron chi connectivity index (χ0n) is 15.6. The average Bonchev–Trinajstić information content (AvgIpc) is 2.93. The molecule has 3 heteroatoms. The van der Waals surface area contributed by atoms with Crippen LogP contribution >= 0.6 is 0 Å². The van der Waals surface area contributed by atoms with Gasteiger partial charge in [-0.15, -0.1) is 0 Å². The fourth-order valence-corrected chi connectivity index (χ4v) is 3.78. The SMILES string of the molecule is CCCCCCCC=CC1CCC(C)(C)CC1c1ncn(C)n1. The zero-order chi connectivity index (χ0) is 16.7. The summed E-state index contributed by atoms with van der Waals surface area (Å²) in [4.78, 5) is 4.55. The number of unbranched alkanes of at least 4 members (excludes halogenated alkanes) is 5. The number of allylic oxidation sites excluding steroid dienone is 2. The first-order chi connectivity index (χ1) is 11.0. The topological polar surface area (TPSA) is 30.7 Å². The molecule has 0 amide bonds. The fourth-order valence-electron chi connectivity index (χ4n) is 3.78. The van der Waals surface area contributed by atoms with Crippen LogP contribution in [0.25, 0.3) is 0 Å². The van der Waals surface area contributed by atoms with Crippen molar-refractivity contribution in [2.75, 3.05) is 0 Å². The van der Waals surface area contributed by atoms with Gasteiger partial charge in [0, 0.05) is 13.0 Å². The quantitative estimate of drug-likeness (QED) is 0.459. The van der Waals surface area contributed by atoms with Crippen molar-refractivity contribution in [2.45, 2.75) is 84.5 Å². The fraction of sp³-hybridized carbons (Fsp3) is 0.800. The van der Waals surface area contributed by atoms with Crippen LogP contribution in [-0.4, -0.2) is 14.8 Å². The molecule has 0 spiro atoms. The molecule has 1 fully saturated rings. The van der Waals surface area contributed by atoms with Gasteiger partial charge >= 0.3 is 0 Å². The molecule has 1 aliphatic rings. The summed E-state index contributed by atoms with van der Waals surface area (Å²) in [6.07, 6.45) is 18.5. The summed E-state index contributed by atoms with van der Waals surface area (Å²) in [6, 6.07) is 0. The monoisotopic (exact) mass is 317 g/mol. The summed E-state index contributed by atoms with van der Waals surface area (Å²) in [5.74, 6) is 2.13. The number of rotatable bonds is 8. The maximum Gasteiger partial charge on any atom is 0.154 e. The van der Waals surface area contributed by atoms with Crippen molar-refractivity contribution in [2.24, 2.45) is 18.4 Å². The van der Waals surface area contributed by atoms with E-state index in [4.69, 9.17) is 0 Å². The summed E-state index contributed by atoms with van der Waals surface area (Å²) < 4.78 is 1.84. The van der Waals surface area contributed by atoms with E-state index in [2.05, 4.69) is 43.0 Å². The van der Waals surface area contributed by atoms with Crippen molar-refractivity contribution in [3.8, 4) is 0 Å². The molecule has 0 bridgehead atoms. The summed E-state index contributed by atoms with van der Waals surface area (Å²) >= 11 is 0. The van der Waals surface area contributed by atoms with Gasteiger partial charge in [0.05, 0.1) is 0 Å². The van der Waals surface area contributed by atoms with Gasteiger partial charge in [-0.2, -0.15) is 5.10 Å². The molecule has 2 unspecified atom stereocenters. The van der Waals surface area contributed by atoms with Gasteiger partial charge in [0.15, 0.2) is 5.82 Å². The van der Waals surface area contributed by atoms with Gasteiger partial charge in [0.1, 0.15) is 6.33 Å². The molecule has 2 rings (SSSR count). The lowest BCUT2D eigenvalue weighted by molar-refractivity contribution is 0.180. The Labute approximate surface area is 142 Å². The van der Waals surface area contributed by atoms with Gasteiger partial charge < -0.3 is 0 Å². The van der Waals surface area contributed by atoms with Crippen molar-refractivity contribution < 1.29 is 0 Å². The zero-order valence-corrected chi connectivity index (χ0v) is 15.6. The number of nitrogens with zero attached hydrogens (tertiary/aromatic N) is 3. The molecule has 0 aromatic carbocycles. The molecule has 1 saturated carbocycles. The van der Waals surface area contributed by atoms with E-state index in [0.717, 1.165) is 5.82 Å². The van der Waals surface area contributed by atoms with E-state index >= 15 is 0 Å². The minimum atomic E-state index is 0.411. The first-order valence-corrected chi connectivity index (χ1v) is 9.54. The lowest BCUT2D eigenvalue weighted by atomic mass is 9.67. The van der Waals surface area contributed by atoms with E-state index in [9.17, 15) is 0 Å².